The first kappa shape index (κ1) is 10.2. The Balaban J connectivity index is 2.80. The van der Waals surface area contributed by atoms with Crippen LogP contribution in [-0.4, -0.2) is 30.5 Å². The molecule has 0 amide bonds. The summed E-state index contributed by atoms with van der Waals surface area (Å²) < 4.78 is 23.3. The molecule has 5 heteroatoms. The van der Waals surface area contributed by atoms with E-state index >= 15 is 0 Å². The molecule has 0 bridgehead atoms. The third-order valence-corrected chi connectivity index (χ3v) is 4.95. The summed E-state index contributed by atoms with van der Waals surface area (Å²) in [6, 6.07) is 0.253. The molecule has 1 aliphatic rings. The van der Waals surface area contributed by atoms with Gasteiger partial charge in [-0.2, -0.15) is 4.67 Å². The second-order valence-electron chi connectivity index (χ2n) is 3.51. The minimum atomic E-state index is -2.99. The average molecular weight is 193 g/mol. The lowest BCUT2D eigenvalue weighted by atomic mass is 10.2. The van der Waals surface area contributed by atoms with Crippen molar-refractivity contribution in [2.75, 3.05) is 14.2 Å². The van der Waals surface area contributed by atoms with Gasteiger partial charge in [0.05, 0.1) is 0 Å². The van der Waals surface area contributed by atoms with Crippen LogP contribution >= 0.6 is 7.75 Å². The van der Waals surface area contributed by atoms with E-state index in [0.717, 1.165) is 0 Å². The average Bonchev–Trinajstić information content (AvgIpc) is 2.51. The van der Waals surface area contributed by atoms with E-state index in [1.807, 2.05) is 20.8 Å². The SMILES string of the molecule is COP(=O)(OC)N1C(C)C1(C)C. The lowest BCUT2D eigenvalue weighted by molar-refractivity contribution is 0.238. The van der Waals surface area contributed by atoms with Crippen molar-refractivity contribution in [3.63, 3.8) is 0 Å². The summed E-state index contributed by atoms with van der Waals surface area (Å²) in [7, 11) is -0.170. The van der Waals surface area contributed by atoms with Gasteiger partial charge in [-0.3, -0.25) is 9.05 Å². The Labute approximate surface area is 73.4 Å². The molecule has 0 aromatic carbocycles. The van der Waals surface area contributed by atoms with E-state index in [9.17, 15) is 4.57 Å². The molecule has 1 rings (SSSR count). The van der Waals surface area contributed by atoms with Gasteiger partial charge in [0, 0.05) is 25.8 Å². The van der Waals surface area contributed by atoms with E-state index in [4.69, 9.17) is 9.05 Å². The first-order valence-corrected chi connectivity index (χ1v) is 5.41. The Morgan fingerprint density at radius 1 is 1.33 bits per heavy atom. The summed E-state index contributed by atoms with van der Waals surface area (Å²) >= 11 is 0. The lowest BCUT2D eigenvalue weighted by Gasteiger charge is -2.16. The Bertz CT molecular complexity index is 221. The van der Waals surface area contributed by atoms with Crippen molar-refractivity contribution in [3.8, 4) is 0 Å². The third kappa shape index (κ3) is 1.23. The molecule has 0 N–H and O–H groups in total. The van der Waals surface area contributed by atoms with Crippen LogP contribution in [0.15, 0.2) is 0 Å². The van der Waals surface area contributed by atoms with Gasteiger partial charge >= 0.3 is 7.75 Å². The number of rotatable bonds is 3. The van der Waals surface area contributed by atoms with Crippen molar-refractivity contribution >= 4 is 7.75 Å². The normalized spacial score (nSPS) is 33.4. The molecule has 1 heterocycles. The van der Waals surface area contributed by atoms with Crippen molar-refractivity contribution in [1.82, 2.24) is 4.67 Å². The maximum atomic E-state index is 11.8. The van der Waals surface area contributed by atoms with Crippen LogP contribution in [0.5, 0.6) is 0 Å². The molecule has 0 aromatic heterocycles. The molecule has 0 spiro atoms. The van der Waals surface area contributed by atoms with Gasteiger partial charge in [0.2, 0.25) is 0 Å². The van der Waals surface area contributed by atoms with Gasteiger partial charge < -0.3 is 0 Å². The summed E-state index contributed by atoms with van der Waals surface area (Å²) in [5.74, 6) is 0. The topological polar surface area (TPSA) is 38.5 Å². The standard InChI is InChI=1S/C7H16NO3P/c1-6-7(2,3)8(6)12(9,10-4)11-5/h6H,1-5H3. The van der Waals surface area contributed by atoms with E-state index in [2.05, 4.69) is 0 Å². The smallest absolute Gasteiger partial charge is 0.300 e. The third-order valence-electron chi connectivity index (χ3n) is 2.64. The van der Waals surface area contributed by atoms with E-state index in [1.54, 1.807) is 4.67 Å². The second kappa shape index (κ2) is 2.81. The van der Waals surface area contributed by atoms with Gasteiger partial charge in [0.15, 0.2) is 0 Å². The van der Waals surface area contributed by atoms with E-state index in [-0.39, 0.29) is 11.6 Å². The monoisotopic (exact) mass is 193 g/mol. The van der Waals surface area contributed by atoms with Crippen molar-refractivity contribution in [3.05, 3.63) is 0 Å². The van der Waals surface area contributed by atoms with Gasteiger partial charge in [0.1, 0.15) is 0 Å². The van der Waals surface area contributed by atoms with Crippen LogP contribution < -0.4 is 0 Å². The second-order valence-corrected chi connectivity index (χ2v) is 5.61. The predicted octanol–water partition coefficient (Wildman–Crippen LogP) is 1.87. The molecule has 0 saturated carbocycles. The fraction of sp³-hybridized carbons (Fsp3) is 1.00. The number of hydrogen-bond acceptors (Lipinski definition) is 3. The van der Waals surface area contributed by atoms with E-state index in [0.29, 0.717) is 0 Å². The maximum Gasteiger partial charge on any atom is 0.408 e. The highest BCUT2D eigenvalue weighted by Crippen LogP contribution is 2.65. The fourth-order valence-corrected chi connectivity index (χ4v) is 3.39. The van der Waals surface area contributed by atoms with Crippen LogP contribution in [-0.2, 0) is 13.6 Å². The van der Waals surface area contributed by atoms with E-state index < -0.39 is 7.75 Å². The largest absolute Gasteiger partial charge is 0.408 e. The van der Waals surface area contributed by atoms with Crippen molar-refractivity contribution < 1.29 is 13.6 Å². The summed E-state index contributed by atoms with van der Waals surface area (Å²) in [6.45, 7) is 6.04. The predicted molar refractivity (Wildman–Crippen MR) is 47.0 cm³/mol. The molecule has 1 saturated heterocycles. The van der Waals surface area contributed by atoms with Gasteiger partial charge in [-0.15, -0.1) is 0 Å². The zero-order valence-electron chi connectivity index (χ0n) is 8.20. The highest BCUT2D eigenvalue weighted by molar-refractivity contribution is 7.51. The zero-order chi connectivity index (χ0) is 9.57. The van der Waals surface area contributed by atoms with Gasteiger partial charge in [-0.1, -0.05) is 0 Å². The van der Waals surface area contributed by atoms with Crippen molar-refractivity contribution in [2.24, 2.45) is 0 Å². The van der Waals surface area contributed by atoms with Crippen LogP contribution in [0.4, 0.5) is 0 Å². The van der Waals surface area contributed by atoms with Crippen molar-refractivity contribution in [2.45, 2.75) is 32.4 Å². The Kier molecular flexibility index (Phi) is 2.39. The van der Waals surface area contributed by atoms with Crippen LogP contribution in [0.1, 0.15) is 20.8 Å². The zero-order valence-corrected chi connectivity index (χ0v) is 9.09. The summed E-state index contributed by atoms with van der Waals surface area (Å²) in [6.07, 6.45) is 0. The lowest BCUT2D eigenvalue weighted by Crippen LogP contribution is -2.08. The maximum absolute atomic E-state index is 11.8. The molecular formula is C7H16NO3P. The molecule has 2 unspecified atom stereocenters. The van der Waals surface area contributed by atoms with Gasteiger partial charge in [-0.25, -0.2) is 4.57 Å². The van der Waals surface area contributed by atoms with Crippen LogP contribution in [0.25, 0.3) is 0 Å². The van der Waals surface area contributed by atoms with Gasteiger partial charge in [-0.05, 0) is 20.8 Å². The molecule has 2 atom stereocenters. The molecule has 0 aliphatic carbocycles. The quantitative estimate of drug-likeness (QED) is 0.506. The summed E-state index contributed by atoms with van der Waals surface area (Å²) in [5, 5.41) is 0. The molecule has 1 aliphatic heterocycles. The first-order chi connectivity index (χ1) is 5.40. The van der Waals surface area contributed by atoms with Crippen LogP contribution in [0.3, 0.4) is 0 Å². The number of nitrogens with zero attached hydrogens (tertiary/aromatic N) is 1. The molecule has 12 heavy (non-hydrogen) atoms. The van der Waals surface area contributed by atoms with E-state index in [1.165, 1.54) is 14.2 Å². The molecular weight excluding hydrogens is 177 g/mol. The highest BCUT2D eigenvalue weighted by atomic mass is 31.2. The van der Waals surface area contributed by atoms with Crippen LogP contribution in [0.2, 0.25) is 0 Å². The first-order valence-electron chi connectivity index (χ1n) is 3.91. The fourth-order valence-electron chi connectivity index (χ4n) is 1.44. The van der Waals surface area contributed by atoms with Crippen LogP contribution in [0, 0.1) is 0 Å². The molecule has 0 aromatic rings. The Morgan fingerprint density at radius 2 is 1.67 bits per heavy atom. The molecule has 0 radical (unpaired) electrons. The van der Waals surface area contributed by atoms with Gasteiger partial charge in [0.25, 0.3) is 0 Å². The minimum absolute atomic E-state index is 0.0679. The molecule has 1 fully saturated rings. The number of hydrogen-bond donors (Lipinski definition) is 0. The summed E-state index contributed by atoms with van der Waals surface area (Å²) in [5.41, 5.74) is -0.0679. The summed E-state index contributed by atoms with van der Waals surface area (Å²) in [4.78, 5) is 0. The Hall–Kier alpha value is 0.110. The highest BCUT2D eigenvalue weighted by Gasteiger charge is 2.62. The Morgan fingerprint density at radius 3 is 1.75 bits per heavy atom. The molecule has 4 nitrogen and oxygen atoms in total. The minimum Gasteiger partial charge on any atom is -0.300 e. The molecule has 72 valence electrons. The van der Waals surface area contributed by atoms with Crippen molar-refractivity contribution in [1.29, 1.82) is 0 Å².